The Morgan fingerprint density at radius 3 is 2.77 bits per heavy atom. The van der Waals surface area contributed by atoms with E-state index in [1.807, 2.05) is 13.1 Å². The SMILES string of the molecule is C/C(N)=C/N(N)C1CCCc2cc(CNC(C)(C)C)ccc21. The fraction of sp³-hybridized carbons (Fsp3) is 0.556. The largest absolute Gasteiger partial charge is 0.401 e. The summed E-state index contributed by atoms with van der Waals surface area (Å²) < 4.78 is 0. The van der Waals surface area contributed by atoms with E-state index in [2.05, 4.69) is 44.3 Å². The van der Waals surface area contributed by atoms with Gasteiger partial charge in [0.05, 0.1) is 6.04 Å². The van der Waals surface area contributed by atoms with E-state index in [9.17, 15) is 0 Å². The molecule has 0 bridgehead atoms. The van der Waals surface area contributed by atoms with Crippen LogP contribution >= 0.6 is 0 Å². The zero-order chi connectivity index (χ0) is 16.3. The van der Waals surface area contributed by atoms with E-state index in [0.29, 0.717) is 0 Å². The zero-order valence-electron chi connectivity index (χ0n) is 14.3. The van der Waals surface area contributed by atoms with Gasteiger partial charge in [-0.3, -0.25) is 0 Å². The summed E-state index contributed by atoms with van der Waals surface area (Å²) in [7, 11) is 0. The third-order valence-electron chi connectivity index (χ3n) is 4.03. The van der Waals surface area contributed by atoms with Crippen LogP contribution < -0.4 is 16.9 Å². The van der Waals surface area contributed by atoms with Crippen molar-refractivity contribution in [3.8, 4) is 0 Å². The monoisotopic (exact) mass is 302 g/mol. The lowest BCUT2D eigenvalue weighted by molar-refractivity contribution is 0.257. The average molecular weight is 302 g/mol. The molecule has 0 aromatic heterocycles. The van der Waals surface area contributed by atoms with Crippen molar-refractivity contribution in [2.24, 2.45) is 11.6 Å². The first kappa shape index (κ1) is 16.8. The van der Waals surface area contributed by atoms with Crippen molar-refractivity contribution in [2.75, 3.05) is 0 Å². The van der Waals surface area contributed by atoms with Crippen LogP contribution in [0.15, 0.2) is 30.1 Å². The minimum Gasteiger partial charge on any atom is -0.401 e. The van der Waals surface area contributed by atoms with Crippen LogP contribution in [-0.2, 0) is 13.0 Å². The van der Waals surface area contributed by atoms with E-state index in [4.69, 9.17) is 11.6 Å². The summed E-state index contributed by atoms with van der Waals surface area (Å²) in [5.74, 6) is 6.18. The number of hydrogen-bond acceptors (Lipinski definition) is 4. The molecule has 2 rings (SSSR count). The van der Waals surface area contributed by atoms with Gasteiger partial charge in [-0.25, -0.2) is 5.84 Å². The fourth-order valence-electron chi connectivity index (χ4n) is 2.95. The number of aryl methyl sites for hydroxylation is 1. The lowest BCUT2D eigenvalue weighted by Gasteiger charge is -2.32. The van der Waals surface area contributed by atoms with Gasteiger partial charge < -0.3 is 16.1 Å². The van der Waals surface area contributed by atoms with Crippen molar-refractivity contribution in [1.29, 1.82) is 0 Å². The normalized spacial score (nSPS) is 19.0. The highest BCUT2D eigenvalue weighted by molar-refractivity contribution is 5.36. The van der Waals surface area contributed by atoms with Gasteiger partial charge in [0.1, 0.15) is 0 Å². The van der Waals surface area contributed by atoms with Crippen LogP contribution in [0.25, 0.3) is 0 Å². The smallest absolute Gasteiger partial charge is 0.0698 e. The molecule has 0 amide bonds. The summed E-state index contributed by atoms with van der Waals surface area (Å²) in [4.78, 5) is 0. The summed E-state index contributed by atoms with van der Waals surface area (Å²) in [6, 6.07) is 7.00. The standard InChI is InChI=1S/C18H30N4/c1-13(19)12-22(20)17-7-5-6-15-10-14(8-9-16(15)17)11-21-18(2,3)4/h8-10,12,17,21H,5-7,11,19-20H2,1-4H3/b13-12-. The lowest BCUT2D eigenvalue weighted by atomic mass is 9.86. The molecule has 4 heteroatoms. The van der Waals surface area contributed by atoms with Crippen LogP contribution in [0.4, 0.5) is 0 Å². The highest BCUT2D eigenvalue weighted by atomic mass is 15.4. The molecule has 5 N–H and O–H groups in total. The van der Waals surface area contributed by atoms with E-state index < -0.39 is 0 Å². The first-order chi connectivity index (χ1) is 10.3. The predicted molar refractivity (Wildman–Crippen MR) is 92.7 cm³/mol. The second-order valence-corrected chi connectivity index (χ2v) is 7.37. The molecule has 122 valence electrons. The Labute approximate surface area is 134 Å². The van der Waals surface area contributed by atoms with Crippen LogP contribution in [0.1, 0.15) is 63.3 Å². The molecule has 1 aromatic carbocycles. The van der Waals surface area contributed by atoms with E-state index in [-0.39, 0.29) is 11.6 Å². The maximum absolute atomic E-state index is 6.18. The number of nitrogens with two attached hydrogens (primary N) is 2. The Hall–Kier alpha value is -1.52. The molecule has 0 saturated carbocycles. The molecule has 0 spiro atoms. The molecule has 1 aliphatic carbocycles. The van der Waals surface area contributed by atoms with E-state index >= 15 is 0 Å². The van der Waals surface area contributed by atoms with Crippen LogP contribution in [0.5, 0.6) is 0 Å². The maximum atomic E-state index is 6.18. The van der Waals surface area contributed by atoms with Gasteiger partial charge in [-0.2, -0.15) is 0 Å². The average Bonchev–Trinajstić information content (AvgIpc) is 2.42. The van der Waals surface area contributed by atoms with Gasteiger partial charge in [0.25, 0.3) is 0 Å². The van der Waals surface area contributed by atoms with Crippen LogP contribution in [0.3, 0.4) is 0 Å². The molecule has 1 aliphatic rings. The van der Waals surface area contributed by atoms with Gasteiger partial charge in [0.15, 0.2) is 0 Å². The number of hydrazine groups is 1. The maximum Gasteiger partial charge on any atom is 0.0698 e. The van der Waals surface area contributed by atoms with E-state index in [1.165, 1.54) is 23.1 Å². The highest BCUT2D eigenvalue weighted by Crippen LogP contribution is 2.33. The van der Waals surface area contributed by atoms with Crippen molar-refractivity contribution in [3.05, 3.63) is 46.8 Å². The molecule has 1 unspecified atom stereocenters. The predicted octanol–water partition coefficient (Wildman–Crippen LogP) is 2.95. The molecular weight excluding hydrogens is 272 g/mol. The van der Waals surface area contributed by atoms with Gasteiger partial charge in [-0.1, -0.05) is 18.2 Å². The molecule has 0 fully saturated rings. The third kappa shape index (κ3) is 4.49. The van der Waals surface area contributed by atoms with E-state index in [1.54, 1.807) is 5.01 Å². The fourth-order valence-corrected chi connectivity index (χ4v) is 2.95. The number of benzene rings is 1. The van der Waals surface area contributed by atoms with E-state index in [0.717, 1.165) is 25.1 Å². The number of nitrogens with one attached hydrogen (secondary N) is 1. The van der Waals surface area contributed by atoms with Crippen molar-refractivity contribution in [2.45, 2.75) is 65.1 Å². The van der Waals surface area contributed by atoms with Crippen molar-refractivity contribution < 1.29 is 0 Å². The quantitative estimate of drug-likeness (QED) is 0.591. The van der Waals surface area contributed by atoms with Crippen molar-refractivity contribution in [3.63, 3.8) is 0 Å². The number of hydrogen-bond donors (Lipinski definition) is 3. The Kier molecular flexibility index (Phi) is 5.14. The molecule has 0 radical (unpaired) electrons. The first-order valence-electron chi connectivity index (χ1n) is 8.10. The highest BCUT2D eigenvalue weighted by Gasteiger charge is 2.23. The topological polar surface area (TPSA) is 67.3 Å². The van der Waals surface area contributed by atoms with Crippen LogP contribution in [0.2, 0.25) is 0 Å². The molecular formula is C18H30N4. The molecule has 0 saturated heterocycles. The number of rotatable bonds is 4. The molecule has 22 heavy (non-hydrogen) atoms. The summed E-state index contributed by atoms with van der Waals surface area (Å²) in [5, 5.41) is 5.31. The summed E-state index contributed by atoms with van der Waals surface area (Å²) in [6.45, 7) is 9.33. The summed E-state index contributed by atoms with van der Waals surface area (Å²) >= 11 is 0. The summed E-state index contributed by atoms with van der Waals surface area (Å²) in [6.07, 6.45) is 5.20. The molecule has 1 aromatic rings. The first-order valence-corrected chi connectivity index (χ1v) is 8.10. The second kappa shape index (κ2) is 6.71. The molecule has 0 aliphatic heterocycles. The summed E-state index contributed by atoms with van der Waals surface area (Å²) in [5.41, 5.74) is 10.7. The number of nitrogens with zero attached hydrogens (tertiary/aromatic N) is 1. The minimum atomic E-state index is 0.135. The Morgan fingerprint density at radius 2 is 2.14 bits per heavy atom. The number of fused-ring (bicyclic) bond motifs is 1. The second-order valence-electron chi connectivity index (χ2n) is 7.37. The Balaban J connectivity index is 2.17. The van der Waals surface area contributed by atoms with Gasteiger partial charge >= 0.3 is 0 Å². The zero-order valence-corrected chi connectivity index (χ0v) is 14.3. The molecule has 4 nitrogen and oxygen atoms in total. The van der Waals surface area contributed by atoms with Gasteiger partial charge in [0, 0.05) is 24.0 Å². The van der Waals surface area contributed by atoms with Crippen molar-refractivity contribution in [1.82, 2.24) is 10.3 Å². The third-order valence-corrected chi connectivity index (χ3v) is 4.03. The van der Waals surface area contributed by atoms with Crippen LogP contribution in [0, 0.1) is 0 Å². The molecule has 1 atom stereocenters. The van der Waals surface area contributed by atoms with Crippen molar-refractivity contribution >= 4 is 0 Å². The molecule has 0 heterocycles. The van der Waals surface area contributed by atoms with Gasteiger partial charge in [-0.05, 0) is 63.6 Å². The Morgan fingerprint density at radius 1 is 1.41 bits per heavy atom. The van der Waals surface area contributed by atoms with Gasteiger partial charge in [0.2, 0.25) is 0 Å². The Bertz CT molecular complexity index is 539. The van der Waals surface area contributed by atoms with Gasteiger partial charge in [-0.15, -0.1) is 0 Å². The number of allylic oxidation sites excluding steroid dienone is 1. The van der Waals surface area contributed by atoms with Crippen LogP contribution in [-0.4, -0.2) is 10.5 Å². The lowest BCUT2D eigenvalue weighted by Crippen LogP contribution is -2.35. The minimum absolute atomic E-state index is 0.135.